The molecule has 0 aliphatic carbocycles. The molecule has 1 amide bonds. The first kappa shape index (κ1) is 13.0. The highest BCUT2D eigenvalue weighted by Crippen LogP contribution is 2.24. The first-order valence-corrected chi connectivity index (χ1v) is 6.06. The van der Waals surface area contributed by atoms with Crippen molar-refractivity contribution in [3.05, 3.63) is 54.6 Å². The van der Waals surface area contributed by atoms with E-state index in [0.29, 0.717) is 18.0 Å². The smallest absolute Gasteiger partial charge is 0.412 e. The second-order valence-corrected chi connectivity index (χ2v) is 3.81. The topological polar surface area (TPSA) is 47.6 Å². The molecule has 0 saturated carbocycles. The van der Waals surface area contributed by atoms with E-state index in [0.717, 1.165) is 5.75 Å². The Bertz CT molecular complexity index is 540. The predicted molar refractivity (Wildman–Crippen MR) is 72.7 cm³/mol. The molecule has 0 spiro atoms. The van der Waals surface area contributed by atoms with E-state index in [2.05, 4.69) is 5.32 Å². The summed E-state index contributed by atoms with van der Waals surface area (Å²) in [6.07, 6.45) is -0.473. The fourth-order valence-electron chi connectivity index (χ4n) is 1.51. The highest BCUT2D eigenvalue weighted by molar-refractivity contribution is 5.70. The fraction of sp³-hybridized carbons (Fsp3) is 0.133. The summed E-state index contributed by atoms with van der Waals surface area (Å²) in [4.78, 5) is 11.3. The number of carbonyl (C=O) groups is 1. The lowest BCUT2D eigenvalue weighted by Crippen LogP contribution is -2.26. The number of hydrogen-bond donors (Lipinski definition) is 1. The van der Waals surface area contributed by atoms with Crippen LogP contribution >= 0.6 is 0 Å². The Morgan fingerprint density at radius 1 is 1.00 bits per heavy atom. The maximum atomic E-state index is 11.3. The maximum absolute atomic E-state index is 11.3. The molecule has 2 aromatic rings. The van der Waals surface area contributed by atoms with E-state index in [1.807, 2.05) is 37.3 Å². The third-order valence-electron chi connectivity index (χ3n) is 2.32. The van der Waals surface area contributed by atoms with Gasteiger partial charge in [-0.25, -0.2) is 4.79 Å². The quantitative estimate of drug-likeness (QED) is 0.910. The first-order valence-electron chi connectivity index (χ1n) is 6.06. The number of para-hydroxylation sites is 1. The number of carbonyl (C=O) groups excluding carboxylic acids is 1. The monoisotopic (exact) mass is 257 g/mol. The molecule has 4 heteroatoms. The van der Waals surface area contributed by atoms with Gasteiger partial charge in [0.05, 0.1) is 0 Å². The van der Waals surface area contributed by atoms with Crippen molar-refractivity contribution >= 4 is 6.09 Å². The molecule has 19 heavy (non-hydrogen) atoms. The molecule has 0 fully saturated rings. The fourth-order valence-corrected chi connectivity index (χ4v) is 1.51. The zero-order valence-electron chi connectivity index (χ0n) is 10.6. The third-order valence-corrected chi connectivity index (χ3v) is 2.32. The standard InChI is InChI=1S/C15H15NO3/c1-2-16-15(17)19-14-10-6-9-13(11-14)18-12-7-4-3-5-8-12/h3-11H,2H2,1H3,(H,16,17). The van der Waals surface area contributed by atoms with Gasteiger partial charge in [-0.1, -0.05) is 24.3 Å². The summed E-state index contributed by atoms with van der Waals surface area (Å²) in [5, 5.41) is 2.56. The van der Waals surface area contributed by atoms with E-state index in [9.17, 15) is 4.79 Å². The molecule has 2 rings (SSSR count). The summed E-state index contributed by atoms with van der Waals surface area (Å²) in [6, 6.07) is 16.4. The van der Waals surface area contributed by atoms with Crippen LogP contribution in [-0.4, -0.2) is 12.6 Å². The molecule has 0 saturated heterocycles. The molecule has 0 aromatic heterocycles. The maximum Gasteiger partial charge on any atom is 0.412 e. The van der Waals surface area contributed by atoms with Crippen LogP contribution in [-0.2, 0) is 0 Å². The van der Waals surface area contributed by atoms with Crippen LogP contribution in [0.25, 0.3) is 0 Å². The first-order chi connectivity index (χ1) is 9.28. The number of hydrogen-bond acceptors (Lipinski definition) is 3. The van der Waals surface area contributed by atoms with Crippen molar-refractivity contribution in [3.8, 4) is 17.2 Å². The van der Waals surface area contributed by atoms with Gasteiger partial charge < -0.3 is 14.8 Å². The molecule has 0 unspecified atom stereocenters. The van der Waals surface area contributed by atoms with Crippen molar-refractivity contribution in [3.63, 3.8) is 0 Å². The Hall–Kier alpha value is -2.49. The van der Waals surface area contributed by atoms with Gasteiger partial charge in [-0.3, -0.25) is 0 Å². The molecular formula is C15H15NO3. The van der Waals surface area contributed by atoms with E-state index in [1.165, 1.54) is 0 Å². The summed E-state index contributed by atoms with van der Waals surface area (Å²) in [5.41, 5.74) is 0. The van der Waals surface area contributed by atoms with Gasteiger partial charge in [0.1, 0.15) is 17.2 Å². The van der Waals surface area contributed by atoms with E-state index < -0.39 is 6.09 Å². The molecule has 0 atom stereocenters. The van der Waals surface area contributed by atoms with Crippen LogP contribution in [0.2, 0.25) is 0 Å². The summed E-state index contributed by atoms with van der Waals surface area (Å²) < 4.78 is 10.8. The molecular weight excluding hydrogens is 242 g/mol. The molecule has 4 nitrogen and oxygen atoms in total. The Kier molecular flexibility index (Phi) is 4.39. The largest absolute Gasteiger partial charge is 0.457 e. The van der Waals surface area contributed by atoms with Gasteiger partial charge in [-0.15, -0.1) is 0 Å². The molecule has 0 aliphatic heterocycles. The number of rotatable bonds is 4. The van der Waals surface area contributed by atoms with Crippen molar-refractivity contribution in [2.75, 3.05) is 6.54 Å². The third kappa shape index (κ3) is 4.03. The van der Waals surface area contributed by atoms with Crippen LogP contribution in [0.3, 0.4) is 0 Å². The summed E-state index contributed by atoms with van der Waals surface area (Å²) in [6.45, 7) is 2.36. The number of ether oxygens (including phenoxy) is 2. The molecule has 1 N–H and O–H groups in total. The highest BCUT2D eigenvalue weighted by Gasteiger charge is 2.04. The van der Waals surface area contributed by atoms with Crippen molar-refractivity contribution in [2.45, 2.75) is 6.92 Å². The number of benzene rings is 2. The van der Waals surface area contributed by atoms with E-state index in [4.69, 9.17) is 9.47 Å². The normalized spacial score (nSPS) is 9.74. The SMILES string of the molecule is CCNC(=O)Oc1cccc(Oc2ccccc2)c1. The van der Waals surface area contributed by atoms with Crippen molar-refractivity contribution in [1.29, 1.82) is 0 Å². The predicted octanol–water partition coefficient (Wildman–Crippen LogP) is 3.59. The van der Waals surface area contributed by atoms with Gasteiger partial charge in [0.15, 0.2) is 0 Å². The average Bonchev–Trinajstić information content (AvgIpc) is 2.40. The van der Waals surface area contributed by atoms with Crippen molar-refractivity contribution < 1.29 is 14.3 Å². The lowest BCUT2D eigenvalue weighted by atomic mass is 10.3. The lowest BCUT2D eigenvalue weighted by molar-refractivity contribution is 0.201. The van der Waals surface area contributed by atoms with Gasteiger partial charge >= 0.3 is 6.09 Å². The second kappa shape index (κ2) is 6.44. The van der Waals surface area contributed by atoms with Crippen molar-refractivity contribution in [2.24, 2.45) is 0 Å². The summed E-state index contributed by atoms with van der Waals surface area (Å²) in [7, 11) is 0. The molecule has 2 aromatic carbocycles. The van der Waals surface area contributed by atoms with Crippen LogP contribution in [0.1, 0.15) is 6.92 Å². The lowest BCUT2D eigenvalue weighted by Gasteiger charge is -2.08. The summed E-state index contributed by atoms with van der Waals surface area (Å²) in [5.74, 6) is 1.80. The average molecular weight is 257 g/mol. The summed E-state index contributed by atoms with van der Waals surface area (Å²) >= 11 is 0. The molecule has 0 heterocycles. The molecule has 98 valence electrons. The minimum atomic E-state index is -0.473. The van der Waals surface area contributed by atoms with E-state index >= 15 is 0 Å². The highest BCUT2D eigenvalue weighted by atomic mass is 16.6. The van der Waals surface area contributed by atoms with Crippen LogP contribution in [0.4, 0.5) is 4.79 Å². The van der Waals surface area contributed by atoms with Crippen LogP contribution in [0.5, 0.6) is 17.2 Å². The van der Waals surface area contributed by atoms with E-state index in [1.54, 1.807) is 24.3 Å². The second-order valence-electron chi connectivity index (χ2n) is 3.81. The van der Waals surface area contributed by atoms with Crippen molar-refractivity contribution in [1.82, 2.24) is 5.32 Å². The molecule has 0 radical (unpaired) electrons. The minimum absolute atomic E-state index is 0.444. The minimum Gasteiger partial charge on any atom is -0.457 e. The van der Waals surface area contributed by atoms with Gasteiger partial charge in [-0.05, 0) is 31.2 Å². The number of amides is 1. The zero-order valence-corrected chi connectivity index (χ0v) is 10.6. The Balaban J connectivity index is 2.05. The molecule has 0 aliphatic rings. The Morgan fingerprint density at radius 3 is 2.42 bits per heavy atom. The van der Waals surface area contributed by atoms with Crippen LogP contribution in [0, 0.1) is 0 Å². The van der Waals surface area contributed by atoms with Crippen LogP contribution in [0.15, 0.2) is 54.6 Å². The van der Waals surface area contributed by atoms with Gasteiger partial charge in [0.25, 0.3) is 0 Å². The zero-order chi connectivity index (χ0) is 13.5. The molecule has 0 bridgehead atoms. The Morgan fingerprint density at radius 2 is 1.68 bits per heavy atom. The number of nitrogens with one attached hydrogen (secondary N) is 1. The Labute approximate surface area is 112 Å². The van der Waals surface area contributed by atoms with Gasteiger partial charge in [0.2, 0.25) is 0 Å². The van der Waals surface area contributed by atoms with Crippen LogP contribution < -0.4 is 14.8 Å². The van der Waals surface area contributed by atoms with Gasteiger partial charge in [0, 0.05) is 12.6 Å². The van der Waals surface area contributed by atoms with E-state index in [-0.39, 0.29) is 0 Å². The van der Waals surface area contributed by atoms with Gasteiger partial charge in [-0.2, -0.15) is 0 Å².